The molecule has 1 aromatic carbocycles. The molecule has 0 saturated carbocycles. The van der Waals surface area contributed by atoms with Crippen LogP contribution in [0.15, 0.2) is 23.1 Å². The minimum Gasteiger partial charge on any atom is -0.392 e. The molecule has 0 amide bonds. The number of benzene rings is 1. The Bertz CT molecular complexity index is 619. The average molecular weight is 318 g/mol. The van der Waals surface area contributed by atoms with E-state index in [1.54, 1.807) is 0 Å². The Morgan fingerprint density at radius 3 is 2.75 bits per heavy atom. The quantitative estimate of drug-likeness (QED) is 0.881. The molecule has 2 saturated heterocycles. The second kappa shape index (κ2) is 5.27. The van der Waals surface area contributed by atoms with Gasteiger partial charge in [-0.2, -0.15) is 0 Å². The van der Waals surface area contributed by atoms with Crippen LogP contribution in [-0.2, 0) is 21.4 Å². The fourth-order valence-electron chi connectivity index (χ4n) is 2.85. The third kappa shape index (κ3) is 2.58. The summed E-state index contributed by atoms with van der Waals surface area (Å²) in [6, 6.07) is 4.18. The number of fused-ring (bicyclic) bond motifs is 2. The molecule has 2 heterocycles. The zero-order valence-corrected chi connectivity index (χ0v) is 12.3. The Hall–Kier alpha value is -0.660. The van der Waals surface area contributed by atoms with Crippen LogP contribution in [0.25, 0.3) is 0 Å². The first-order valence-electron chi connectivity index (χ1n) is 6.56. The Morgan fingerprint density at radius 1 is 1.40 bits per heavy atom. The van der Waals surface area contributed by atoms with Gasteiger partial charge in [0.05, 0.1) is 29.8 Å². The van der Waals surface area contributed by atoms with Crippen LogP contribution in [0.5, 0.6) is 0 Å². The molecule has 1 aromatic rings. The summed E-state index contributed by atoms with van der Waals surface area (Å²) in [7, 11) is -3.61. The molecule has 5 nitrogen and oxygen atoms in total. The van der Waals surface area contributed by atoms with Gasteiger partial charge in [0.2, 0.25) is 10.0 Å². The predicted octanol–water partition coefficient (Wildman–Crippen LogP) is 1.43. The van der Waals surface area contributed by atoms with Crippen LogP contribution < -0.4 is 4.72 Å². The molecule has 3 rings (SSSR count). The molecule has 2 aliphatic rings. The van der Waals surface area contributed by atoms with E-state index >= 15 is 0 Å². The molecular formula is C13H16ClNO4S. The van der Waals surface area contributed by atoms with E-state index in [0.29, 0.717) is 5.56 Å². The summed E-state index contributed by atoms with van der Waals surface area (Å²) in [4.78, 5) is 0.113. The number of rotatable bonds is 4. The second-order valence-electron chi connectivity index (χ2n) is 5.25. The average Bonchev–Trinajstić information content (AvgIpc) is 3.00. The monoisotopic (exact) mass is 317 g/mol. The van der Waals surface area contributed by atoms with Crippen LogP contribution in [0.4, 0.5) is 0 Å². The third-order valence-corrected chi connectivity index (χ3v) is 5.76. The van der Waals surface area contributed by atoms with Crippen LogP contribution in [0.2, 0.25) is 5.02 Å². The highest BCUT2D eigenvalue weighted by molar-refractivity contribution is 7.89. The molecule has 110 valence electrons. The van der Waals surface area contributed by atoms with Crippen molar-refractivity contribution in [3.05, 3.63) is 28.8 Å². The van der Waals surface area contributed by atoms with E-state index in [-0.39, 0.29) is 34.8 Å². The van der Waals surface area contributed by atoms with Gasteiger partial charge in [0.15, 0.2) is 0 Å². The Balaban J connectivity index is 1.79. The first-order valence-corrected chi connectivity index (χ1v) is 8.43. The largest absolute Gasteiger partial charge is 0.392 e. The van der Waals surface area contributed by atoms with Crippen molar-refractivity contribution >= 4 is 21.6 Å². The van der Waals surface area contributed by atoms with Crippen LogP contribution in [0, 0.1) is 0 Å². The number of aliphatic hydroxyl groups is 1. The smallest absolute Gasteiger partial charge is 0.240 e. The Labute approximate surface area is 122 Å². The minimum atomic E-state index is -3.61. The molecule has 3 unspecified atom stereocenters. The molecular weight excluding hydrogens is 302 g/mol. The zero-order chi connectivity index (χ0) is 14.3. The first-order chi connectivity index (χ1) is 9.49. The fraction of sp³-hybridized carbons (Fsp3) is 0.538. The highest BCUT2D eigenvalue weighted by Gasteiger charge is 2.42. The maximum atomic E-state index is 12.3. The van der Waals surface area contributed by atoms with Crippen LogP contribution in [0.3, 0.4) is 0 Å². The summed E-state index contributed by atoms with van der Waals surface area (Å²) in [6.45, 7) is -0.215. The van der Waals surface area contributed by atoms with Gasteiger partial charge in [-0.1, -0.05) is 17.7 Å². The number of aliphatic hydroxyl groups excluding tert-OH is 1. The lowest BCUT2D eigenvalue weighted by molar-refractivity contribution is 0.0996. The first kappa shape index (κ1) is 14.3. The number of hydrogen-bond acceptors (Lipinski definition) is 4. The lowest BCUT2D eigenvalue weighted by Crippen LogP contribution is -2.41. The van der Waals surface area contributed by atoms with Gasteiger partial charge >= 0.3 is 0 Å². The second-order valence-corrected chi connectivity index (χ2v) is 7.37. The van der Waals surface area contributed by atoms with Gasteiger partial charge in [-0.25, -0.2) is 13.1 Å². The molecule has 3 atom stereocenters. The van der Waals surface area contributed by atoms with Gasteiger partial charge in [-0.15, -0.1) is 0 Å². The van der Waals surface area contributed by atoms with Crippen molar-refractivity contribution in [3.63, 3.8) is 0 Å². The van der Waals surface area contributed by atoms with E-state index < -0.39 is 10.0 Å². The van der Waals surface area contributed by atoms with Crippen molar-refractivity contribution in [1.29, 1.82) is 0 Å². The number of halogens is 1. The molecule has 0 spiro atoms. The molecule has 0 aromatic heterocycles. The summed E-state index contributed by atoms with van der Waals surface area (Å²) in [6.07, 6.45) is 2.82. The summed E-state index contributed by atoms with van der Waals surface area (Å²) >= 11 is 5.94. The van der Waals surface area contributed by atoms with Crippen molar-refractivity contribution in [2.24, 2.45) is 0 Å². The minimum absolute atomic E-state index is 0.0121. The van der Waals surface area contributed by atoms with Crippen molar-refractivity contribution < 1.29 is 18.3 Å². The molecule has 2 fully saturated rings. The maximum absolute atomic E-state index is 12.3. The maximum Gasteiger partial charge on any atom is 0.240 e. The Kier molecular flexibility index (Phi) is 3.77. The van der Waals surface area contributed by atoms with Crippen LogP contribution in [-0.4, -0.2) is 31.8 Å². The SMILES string of the molecule is O=S(=O)(NC1CC2CCC1O2)c1ccc(CO)c(Cl)c1. The topological polar surface area (TPSA) is 75.6 Å². The molecule has 2 bridgehead atoms. The molecule has 0 radical (unpaired) electrons. The van der Waals surface area contributed by atoms with Crippen molar-refractivity contribution in [3.8, 4) is 0 Å². The van der Waals surface area contributed by atoms with E-state index in [1.807, 2.05) is 0 Å². The number of hydrogen-bond donors (Lipinski definition) is 2. The van der Waals surface area contributed by atoms with Gasteiger partial charge in [-0.3, -0.25) is 0 Å². The summed E-state index contributed by atoms with van der Waals surface area (Å²) < 4.78 is 33.0. The fourth-order valence-corrected chi connectivity index (χ4v) is 4.46. The highest BCUT2D eigenvalue weighted by atomic mass is 35.5. The predicted molar refractivity (Wildman–Crippen MR) is 74.0 cm³/mol. The molecule has 2 aliphatic heterocycles. The van der Waals surface area contributed by atoms with Crippen LogP contribution >= 0.6 is 11.6 Å². The van der Waals surface area contributed by atoms with Gasteiger partial charge < -0.3 is 9.84 Å². The van der Waals surface area contributed by atoms with E-state index in [4.69, 9.17) is 21.4 Å². The van der Waals surface area contributed by atoms with Gasteiger partial charge in [0.25, 0.3) is 0 Å². The van der Waals surface area contributed by atoms with E-state index in [9.17, 15) is 8.42 Å². The van der Waals surface area contributed by atoms with Crippen LogP contribution in [0.1, 0.15) is 24.8 Å². The highest BCUT2D eigenvalue weighted by Crippen LogP contribution is 2.35. The number of ether oxygens (including phenoxy) is 1. The normalized spacial score (nSPS) is 29.0. The molecule has 0 aliphatic carbocycles. The Morgan fingerprint density at radius 2 is 2.20 bits per heavy atom. The van der Waals surface area contributed by atoms with Crippen molar-refractivity contribution in [1.82, 2.24) is 4.72 Å². The third-order valence-electron chi connectivity index (χ3n) is 3.92. The van der Waals surface area contributed by atoms with Crippen molar-refractivity contribution in [2.75, 3.05) is 0 Å². The molecule has 20 heavy (non-hydrogen) atoms. The summed E-state index contributed by atoms with van der Waals surface area (Å²) in [5.41, 5.74) is 0.508. The van der Waals surface area contributed by atoms with Gasteiger partial charge in [-0.05, 0) is 37.0 Å². The molecule has 2 N–H and O–H groups in total. The summed E-state index contributed by atoms with van der Waals surface area (Å²) in [5, 5.41) is 9.30. The lowest BCUT2D eigenvalue weighted by Gasteiger charge is -2.20. The zero-order valence-electron chi connectivity index (χ0n) is 10.8. The lowest BCUT2D eigenvalue weighted by atomic mass is 9.96. The van der Waals surface area contributed by atoms with Gasteiger partial charge in [0.1, 0.15) is 0 Å². The summed E-state index contributed by atoms with van der Waals surface area (Å²) in [5.74, 6) is 0. The van der Waals surface area contributed by atoms with E-state index in [2.05, 4.69) is 4.72 Å². The number of sulfonamides is 1. The standard InChI is InChI=1S/C13H16ClNO4S/c14-11-6-10(3-1-8(11)7-16)20(17,18)15-12-5-9-2-4-13(12)19-9/h1,3,6,9,12-13,15-16H,2,4-5,7H2. The van der Waals surface area contributed by atoms with Gasteiger partial charge in [0, 0.05) is 5.02 Å². The number of nitrogens with one attached hydrogen (secondary N) is 1. The van der Waals surface area contributed by atoms with E-state index in [0.717, 1.165) is 19.3 Å². The molecule has 7 heteroatoms. The van der Waals surface area contributed by atoms with Crippen molar-refractivity contribution in [2.45, 2.75) is 49.0 Å². The van der Waals surface area contributed by atoms with E-state index in [1.165, 1.54) is 18.2 Å².